The van der Waals surface area contributed by atoms with Gasteiger partial charge in [-0.3, -0.25) is 0 Å². The quantitative estimate of drug-likeness (QED) is 0.318. The zero-order valence-corrected chi connectivity index (χ0v) is 16.2. The van der Waals surface area contributed by atoms with Crippen molar-refractivity contribution in [3.8, 4) is 0 Å². The van der Waals surface area contributed by atoms with Crippen LogP contribution in [0.1, 0.15) is 5.56 Å². The van der Waals surface area contributed by atoms with Crippen LogP contribution in [-0.2, 0) is 6.54 Å². The number of halogens is 1. The van der Waals surface area contributed by atoms with Crippen molar-refractivity contribution in [1.29, 1.82) is 0 Å². The van der Waals surface area contributed by atoms with E-state index in [1.165, 1.54) is 0 Å². The Morgan fingerprint density at radius 2 is 2.05 bits per heavy atom. The van der Waals surface area contributed by atoms with Gasteiger partial charge >= 0.3 is 141 Å². The molecule has 2 rings (SSSR count). The van der Waals surface area contributed by atoms with Crippen LogP contribution in [0.5, 0.6) is 0 Å². The van der Waals surface area contributed by atoms with E-state index in [-0.39, 0.29) is 5.69 Å². The van der Waals surface area contributed by atoms with Crippen LogP contribution < -0.4 is 8.61 Å². The van der Waals surface area contributed by atoms with Gasteiger partial charge in [-0.05, 0) is 0 Å². The third-order valence-corrected chi connectivity index (χ3v) is 7.08. The molecule has 0 aliphatic rings. The van der Waals surface area contributed by atoms with Gasteiger partial charge in [0, 0.05) is 0 Å². The number of hydrogen-bond acceptors (Lipinski definition) is 5. The molecule has 0 aromatic carbocycles. The molecule has 2 aromatic rings. The van der Waals surface area contributed by atoms with Crippen molar-refractivity contribution in [2.45, 2.75) is 16.4 Å². The van der Waals surface area contributed by atoms with Crippen molar-refractivity contribution in [1.82, 2.24) is 9.97 Å². The van der Waals surface area contributed by atoms with E-state index in [9.17, 15) is 10.1 Å². The molecule has 2 aromatic heterocycles. The van der Waals surface area contributed by atoms with Crippen LogP contribution in [0.25, 0.3) is 0 Å². The standard InChI is InChI=1S/C12H10ClN4O2.2CH3.Sn/c1-16(8-9-4-5-11(13)15-7-9)12-10(17(18)19)3-2-6-14-12;;;/h2-5,7H,8H2,1H3;2*1H3;. The molecule has 0 aliphatic heterocycles. The summed E-state index contributed by atoms with van der Waals surface area (Å²) < 4.78 is 1.02. The molecule has 0 atom stereocenters. The summed E-state index contributed by atoms with van der Waals surface area (Å²) in [5, 5.41) is 11.7. The van der Waals surface area contributed by atoms with Gasteiger partial charge < -0.3 is 0 Å². The number of rotatable bonds is 5. The molecule has 2 heterocycles. The zero-order chi connectivity index (χ0) is 16.3. The van der Waals surface area contributed by atoms with E-state index in [1.54, 1.807) is 36.3 Å². The molecule has 22 heavy (non-hydrogen) atoms. The second-order valence-corrected chi connectivity index (χ2v) is 12.7. The first-order valence-corrected chi connectivity index (χ1v) is 14.2. The Labute approximate surface area is 141 Å². The van der Waals surface area contributed by atoms with E-state index >= 15 is 0 Å². The SMILES string of the molecule is CN(Cc1ccc(Cl)nc1)c1n[c]([Sn]([CH3])[CH3])ccc1[N+](=O)[O-]. The number of nitrogens with zero attached hydrogens (tertiary/aromatic N) is 4. The zero-order valence-electron chi connectivity index (χ0n) is 12.6. The molecule has 0 unspecified atom stereocenters. The van der Waals surface area contributed by atoms with Gasteiger partial charge in [0.1, 0.15) is 0 Å². The van der Waals surface area contributed by atoms with Crippen molar-refractivity contribution in [3.63, 3.8) is 0 Å². The molecule has 1 radical (unpaired) electrons. The summed E-state index contributed by atoms with van der Waals surface area (Å²) in [6, 6.07) is 6.89. The minimum absolute atomic E-state index is 0.0257. The van der Waals surface area contributed by atoms with Gasteiger partial charge in [0.15, 0.2) is 0 Å². The number of pyridine rings is 2. The van der Waals surface area contributed by atoms with Crippen molar-refractivity contribution in [3.05, 3.63) is 51.3 Å². The van der Waals surface area contributed by atoms with Gasteiger partial charge in [-0.1, -0.05) is 0 Å². The summed E-state index contributed by atoms with van der Waals surface area (Å²) in [7, 11) is 1.79. The molecule has 0 N–H and O–H groups in total. The van der Waals surface area contributed by atoms with E-state index in [4.69, 9.17) is 11.6 Å². The summed E-state index contributed by atoms with van der Waals surface area (Å²) in [5.41, 5.74) is 0.943. The van der Waals surface area contributed by atoms with Gasteiger partial charge in [0.25, 0.3) is 0 Å². The van der Waals surface area contributed by atoms with Crippen LogP contribution in [0.2, 0.25) is 15.0 Å². The third-order valence-electron chi connectivity index (χ3n) is 3.13. The fourth-order valence-corrected chi connectivity index (χ4v) is 4.23. The maximum absolute atomic E-state index is 11.2. The summed E-state index contributed by atoms with van der Waals surface area (Å²) in [6.45, 7) is 0.480. The average Bonchev–Trinajstić information content (AvgIpc) is 2.48. The summed E-state index contributed by atoms with van der Waals surface area (Å²) in [5.74, 6) is 0.402. The first-order valence-electron chi connectivity index (χ1n) is 6.66. The van der Waals surface area contributed by atoms with Crippen LogP contribution in [0.3, 0.4) is 0 Å². The summed E-state index contributed by atoms with van der Waals surface area (Å²) in [6.07, 6.45) is 1.66. The van der Waals surface area contributed by atoms with Crippen molar-refractivity contribution < 1.29 is 4.92 Å². The Morgan fingerprint density at radius 1 is 1.32 bits per heavy atom. The average molecular weight is 426 g/mol. The van der Waals surface area contributed by atoms with Gasteiger partial charge in [-0.25, -0.2) is 0 Å². The molecule has 0 spiro atoms. The van der Waals surface area contributed by atoms with Crippen LogP contribution in [0.15, 0.2) is 30.5 Å². The molecule has 0 fully saturated rings. The maximum atomic E-state index is 11.2. The normalized spacial score (nSPS) is 10.8. The van der Waals surface area contributed by atoms with E-state index in [2.05, 4.69) is 19.8 Å². The minimum atomic E-state index is -1.69. The number of nitro groups is 1. The predicted octanol–water partition coefficient (Wildman–Crippen LogP) is 2.64. The molecular formula is C14H16ClN4O2Sn. The van der Waals surface area contributed by atoms with Crippen molar-refractivity contribution in [2.75, 3.05) is 11.9 Å². The molecule has 0 bridgehead atoms. The summed E-state index contributed by atoms with van der Waals surface area (Å²) in [4.78, 5) is 25.6. The van der Waals surface area contributed by atoms with Gasteiger partial charge in [-0.2, -0.15) is 0 Å². The number of aromatic nitrogens is 2. The van der Waals surface area contributed by atoms with Gasteiger partial charge in [-0.15, -0.1) is 0 Å². The molecular weight excluding hydrogens is 410 g/mol. The molecule has 0 saturated carbocycles. The molecule has 0 saturated heterocycles. The molecule has 115 valence electrons. The predicted molar refractivity (Wildman–Crippen MR) is 89.4 cm³/mol. The summed E-state index contributed by atoms with van der Waals surface area (Å²) >= 11 is 4.08. The van der Waals surface area contributed by atoms with Gasteiger partial charge in [0.05, 0.1) is 0 Å². The Morgan fingerprint density at radius 3 is 2.59 bits per heavy atom. The second kappa shape index (κ2) is 7.23. The van der Waals surface area contributed by atoms with E-state index in [0.717, 1.165) is 9.27 Å². The molecule has 6 nitrogen and oxygen atoms in total. The molecule has 0 amide bonds. The van der Waals surface area contributed by atoms with Crippen LogP contribution in [-0.4, -0.2) is 41.7 Å². The van der Waals surface area contributed by atoms with Gasteiger partial charge in [0.2, 0.25) is 0 Å². The van der Waals surface area contributed by atoms with Crippen LogP contribution in [0.4, 0.5) is 11.5 Å². The van der Waals surface area contributed by atoms with Crippen molar-refractivity contribution in [2.24, 2.45) is 0 Å². The third kappa shape index (κ3) is 4.07. The fourth-order valence-electron chi connectivity index (χ4n) is 1.99. The molecule has 8 heteroatoms. The van der Waals surface area contributed by atoms with E-state index < -0.39 is 24.7 Å². The Kier molecular flexibility index (Phi) is 5.57. The van der Waals surface area contributed by atoms with Crippen LogP contribution >= 0.6 is 11.6 Å². The topological polar surface area (TPSA) is 72.2 Å². The first kappa shape index (κ1) is 17.0. The molecule has 0 aliphatic carbocycles. The second-order valence-electron chi connectivity index (χ2n) is 5.14. The number of anilines is 1. The monoisotopic (exact) mass is 427 g/mol. The fraction of sp³-hybridized carbons (Fsp3) is 0.286. The Balaban J connectivity index is 2.33. The first-order chi connectivity index (χ1) is 10.4. The Bertz CT molecular complexity index is 679. The van der Waals surface area contributed by atoms with E-state index in [0.29, 0.717) is 17.5 Å². The Hall–Kier alpha value is -1.41. The van der Waals surface area contributed by atoms with Crippen molar-refractivity contribution >= 4 is 46.6 Å². The van der Waals surface area contributed by atoms with E-state index in [1.807, 2.05) is 6.07 Å². The number of hydrogen-bond donors (Lipinski definition) is 0. The van der Waals surface area contributed by atoms with Crippen LogP contribution in [0, 0.1) is 10.1 Å².